The topological polar surface area (TPSA) is 174 Å². The molecule has 0 unspecified atom stereocenters. The normalized spacial score (nSPS) is 11.5. The number of methoxy groups -OCH3 is 2. The first-order valence-electron chi connectivity index (χ1n) is 10.9. The second kappa shape index (κ2) is 10.2. The van der Waals surface area contributed by atoms with Crippen molar-refractivity contribution in [2.75, 3.05) is 19.5 Å². The number of aromatic amines is 1. The summed E-state index contributed by atoms with van der Waals surface area (Å²) in [5, 5.41) is 15.1. The summed E-state index contributed by atoms with van der Waals surface area (Å²) < 4.78 is 26.9. The van der Waals surface area contributed by atoms with Crippen LogP contribution in [0.4, 0.5) is 10.1 Å². The van der Waals surface area contributed by atoms with Gasteiger partial charge in [0.25, 0.3) is 5.91 Å². The van der Waals surface area contributed by atoms with Crippen molar-refractivity contribution < 1.29 is 18.7 Å². The number of carbonyl (C=O) groups excluding carboxylic acids is 1. The zero-order chi connectivity index (χ0) is 26.7. The van der Waals surface area contributed by atoms with Gasteiger partial charge in [-0.15, -0.1) is 5.10 Å². The molecule has 0 aliphatic rings. The van der Waals surface area contributed by atoms with Crippen molar-refractivity contribution in [1.82, 2.24) is 14.8 Å². The van der Waals surface area contributed by atoms with Gasteiger partial charge in [0.15, 0.2) is 17.3 Å². The second-order valence-electron chi connectivity index (χ2n) is 7.91. The number of hydrogen-bond acceptors (Lipinski definition) is 7. The summed E-state index contributed by atoms with van der Waals surface area (Å²) in [6, 6.07) is 14.4. The lowest BCUT2D eigenvalue weighted by molar-refractivity contribution is 0.1000. The number of H-pyrrole nitrogens is 1. The van der Waals surface area contributed by atoms with E-state index in [1.165, 1.54) is 38.5 Å². The van der Waals surface area contributed by atoms with Crippen molar-refractivity contribution in [3.63, 3.8) is 0 Å². The number of nitrogens with two attached hydrogens (primary N) is 2. The first-order valence-corrected chi connectivity index (χ1v) is 10.9. The van der Waals surface area contributed by atoms with Gasteiger partial charge in [0.2, 0.25) is 0 Å². The standard InChI is InChI=1S/C25H24FN7O4/c1-36-19-11-16(17(26)12-20(19)37-2)21(30-14-9-7-13(8-10-14)22(27)28)24-31-25(35)33(32-24)18-6-4-3-5-15(18)23(29)34/h3-12,21,30H,1-2H3,(H3,27,28)(H2,29,34)(H,31,32,35)/t21-/m0/s1. The van der Waals surface area contributed by atoms with Crippen LogP contribution in [0.2, 0.25) is 0 Å². The molecule has 1 amide bonds. The molecule has 1 atom stereocenters. The van der Waals surface area contributed by atoms with Gasteiger partial charge < -0.3 is 26.3 Å². The highest BCUT2D eigenvalue weighted by atomic mass is 19.1. The van der Waals surface area contributed by atoms with Crippen LogP contribution in [-0.4, -0.2) is 40.7 Å². The summed E-state index contributed by atoms with van der Waals surface area (Å²) in [6.07, 6.45) is 0. The summed E-state index contributed by atoms with van der Waals surface area (Å²) in [5.74, 6) is -1.00. The Morgan fingerprint density at radius 2 is 1.73 bits per heavy atom. The zero-order valence-electron chi connectivity index (χ0n) is 19.9. The van der Waals surface area contributed by atoms with E-state index in [-0.39, 0.29) is 40.0 Å². The van der Waals surface area contributed by atoms with Crippen molar-refractivity contribution in [2.45, 2.75) is 6.04 Å². The third kappa shape index (κ3) is 4.98. The highest BCUT2D eigenvalue weighted by molar-refractivity contribution is 5.96. The van der Waals surface area contributed by atoms with Gasteiger partial charge in [0.1, 0.15) is 17.7 Å². The molecule has 7 N–H and O–H groups in total. The van der Waals surface area contributed by atoms with E-state index in [0.717, 1.165) is 4.68 Å². The van der Waals surface area contributed by atoms with Crippen LogP contribution in [-0.2, 0) is 0 Å². The van der Waals surface area contributed by atoms with E-state index in [4.69, 9.17) is 26.4 Å². The smallest absolute Gasteiger partial charge is 0.348 e. The maximum absolute atomic E-state index is 15.4. The van der Waals surface area contributed by atoms with Gasteiger partial charge in [-0.1, -0.05) is 12.1 Å². The van der Waals surface area contributed by atoms with Gasteiger partial charge in [-0.25, -0.2) is 9.18 Å². The molecule has 0 bridgehead atoms. The zero-order valence-corrected chi connectivity index (χ0v) is 19.9. The number of benzene rings is 3. The number of halogens is 1. The van der Waals surface area contributed by atoms with E-state index in [2.05, 4.69) is 15.4 Å². The van der Waals surface area contributed by atoms with Crippen LogP contribution in [0.5, 0.6) is 11.5 Å². The molecule has 0 aliphatic carbocycles. The van der Waals surface area contributed by atoms with Gasteiger partial charge in [-0.2, -0.15) is 4.68 Å². The number of para-hydroxylation sites is 1. The average molecular weight is 506 g/mol. The van der Waals surface area contributed by atoms with E-state index in [9.17, 15) is 9.59 Å². The lowest BCUT2D eigenvalue weighted by Gasteiger charge is -2.20. The number of hydrogen-bond donors (Lipinski definition) is 5. The van der Waals surface area contributed by atoms with E-state index in [0.29, 0.717) is 11.3 Å². The number of anilines is 1. The highest BCUT2D eigenvalue weighted by Crippen LogP contribution is 2.35. The number of amides is 1. The van der Waals surface area contributed by atoms with Crippen LogP contribution in [0, 0.1) is 11.2 Å². The Hall–Kier alpha value is -5.13. The van der Waals surface area contributed by atoms with Gasteiger partial charge in [-0.05, 0) is 42.5 Å². The van der Waals surface area contributed by atoms with Crippen molar-refractivity contribution in [2.24, 2.45) is 11.5 Å². The van der Waals surface area contributed by atoms with Gasteiger partial charge in [0.05, 0.1) is 25.5 Å². The maximum atomic E-state index is 15.4. The molecule has 0 saturated carbocycles. The molecule has 0 aliphatic heterocycles. The molecule has 0 spiro atoms. The summed E-state index contributed by atoms with van der Waals surface area (Å²) in [6.45, 7) is 0. The second-order valence-corrected chi connectivity index (χ2v) is 7.91. The minimum Gasteiger partial charge on any atom is -0.493 e. The third-order valence-electron chi connectivity index (χ3n) is 5.63. The molecule has 0 fully saturated rings. The average Bonchev–Trinajstić information content (AvgIpc) is 3.28. The van der Waals surface area contributed by atoms with Gasteiger partial charge in [-0.3, -0.25) is 15.2 Å². The molecular formula is C25H24FN7O4. The number of nitrogens with zero attached hydrogens (tertiary/aromatic N) is 2. The van der Waals surface area contributed by atoms with Crippen LogP contribution >= 0.6 is 0 Å². The predicted molar refractivity (Wildman–Crippen MR) is 135 cm³/mol. The minimum absolute atomic E-state index is 0.0473. The lowest BCUT2D eigenvalue weighted by atomic mass is 10.0. The largest absolute Gasteiger partial charge is 0.493 e. The van der Waals surface area contributed by atoms with Crippen molar-refractivity contribution in [3.8, 4) is 17.2 Å². The molecule has 11 nitrogen and oxygen atoms in total. The summed E-state index contributed by atoms with van der Waals surface area (Å²) in [5.41, 5.74) is 11.7. The number of primary amides is 1. The summed E-state index contributed by atoms with van der Waals surface area (Å²) in [7, 11) is 2.80. The Balaban J connectivity index is 1.86. The number of nitrogen functional groups attached to an aromatic ring is 1. The monoisotopic (exact) mass is 505 g/mol. The number of amidine groups is 1. The molecule has 1 heterocycles. The van der Waals surface area contributed by atoms with E-state index < -0.39 is 23.5 Å². The summed E-state index contributed by atoms with van der Waals surface area (Å²) in [4.78, 5) is 27.5. The lowest BCUT2D eigenvalue weighted by Crippen LogP contribution is -2.21. The maximum Gasteiger partial charge on any atom is 0.348 e. The third-order valence-corrected chi connectivity index (χ3v) is 5.63. The first-order chi connectivity index (χ1) is 17.7. The Kier molecular flexibility index (Phi) is 6.91. The van der Waals surface area contributed by atoms with E-state index >= 15 is 4.39 Å². The van der Waals surface area contributed by atoms with Crippen molar-refractivity contribution >= 4 is 17.4 Å². The molecule has 4 aromatic rings. The van der Waals surface area contributed by atoms with Crippen LogP contribution in [0.25, 0.3) is 5.69 Å². The molecule has 190 valence electrons. The van der Waals surface area contributed by atoms with Crippen LogP contribution in [0.1, 0.15) is 33.4 Å². The first kappa shape index (κ1) is 25.0. The highest BCUT2D eigenvalue weighted by Gasteiger charge is 2.26. The quantitative estimate of drug-likeness (QED) is 0.171. The number of carbonyl (C=O) groups is 1. The Morgan fingerprint density at radius 3 is 2.35 bits per heavy atom. The molecule has 37 heavy (non-hydrogen) atoms. The Morgan fingerprint density at radius 1 is 1.08 bits per heavy atom. The fourth-order valence-electron chi connectivity index (χ4n) is 3.80. The minimum atomic E-state index is -1.02. The van der Waals surface area contributed by atoms with Crippen molar-refractivity contribution in [3.05, 3.63) is 99.5 Å². The van der Waals surface area contributed by atoms with Crippen LogP contribution < -0.4 is 31.9 Å². The molecule has 4 rings (SSSR count). The fraction of sp³-hybridized carbons (Fsp3) is 0.120. The molecule has 1 aromatic heterocycles. The Labute approximate surface area is 210 Å². The molecule has 3 aromatic carbocycles. The Bertz CT molecular complexity index is 1530. The van der Waals surface area contributed by atoms with Gasteiger partial charge in [0, 0.05) is 22.9 Å². The van der Waals surface area contributed by atoms with E-state index in [1.54, 1.807) is 36.4 Å². The molecule has 0 radical (unpaired) electrons. The molecule has 0 saturated heterocycles. The number of nitrogens with one attached hydrogen (secondary N) is 3. The van der Waals surface area contributed by atoms with Crippen molar-refractivity contribution in [1.29, 1.82) is 5.41 Å². The van der Waals surface area contributed by atoms with Crippen LogP contribution in [0.15, 0.2) is 65.5 Å². The predicted octanol–water partition coefficient (Wildman–Crippen LogP) is 2.30. The number of aromatic nitrogens is 3. The fourth-order valence-corrected chi connectivity index (χ4v) is 3.80. The number of rotatable bonds is 9. The van der Waals surface area contributed by atoms with Gasteiger partial charge >= 0.3 is 5.69 Å². The number of ether oxygens (including phenoxy) is 2. The van der Waals surface area contributed by atoms with E-state index in [1.807, 2.05) is 0 Å². The molecular weight excluding hydrogens is 481 g/mol. The summed E-state index contributed by atoms with van der Waals surface area (Å²) >= 11 is 0. The molecule has 12 heteroatoms. The SMILES string of the molecule is COc1cc(F)c([C@H](Nc2ccc(C(=N)N)cc2)c2nn(-c3ccccc3C(N)=O)c(=O)[nH]2)cc1OC. The van der Waals surface area contributed by atoms with Crippen LogP contribution in [0.3, 0.4) is 0 Å².